The minimum atomic E-state index is -0.559. The van der Waals surface area contributed by atoms with Crippen LogP contribution in [0.3, 0.4) is 0 Å². The summed E-state index contributed by atoms with van der Waals surface area (Å²) in [6, 6.07) is 21.6. The van der Waals surface area contributed by atoms with Crippen LogP contribution in [0.2, 0.25) is 0 Å². The molecule has 2 heterocycles. The Morgan fingerprint density at radius 1 is 0.952 bits per heavy atom. The topological polar surface area (TPSA) is 133 Å². The van der Waals surface area contributed by atoms with Crippen molar-refractivity contribution in [1.29, 1.82) is 0 Å². The third-order valence-electron chi connectivity index (χ3n) is 7.28. The fourth-order valence-electron chi connectivity index (χ4n) is 4.87. The van der Waals surface area contributed by atoms with Crippen molar-refractivity contribution in [2.24, 2.45) is 0 Å². The van der Waals surface area contributed by atoms with Gasteiger partial charge in [-0.3, -0.25) is 19.8 Å². The van der Waals surface area contributed by atoms with E-state index in [0.29, 0.717) is 19.4 Å². The van der Waals surface area contributed by atoms with Gasteiger partial charge in [-0.15, -0.1) is 0 Å². The van der Waals surface area contributed by atoms with Crippen LogP contribution >= 0.6 is 0 Å². The molecule has 1 fully saturated rings. The normalized spacial score (nSPS) is 18.5. The summed E-state index contributed by atoms with van der Waals surface area (Å²) in [7, 11) is 2.09. The molecule has 0 saturated carbocycles. The minimum absolute atomic E-state index is 0.00506. The van der Waals surface area contributed by atoms with E-state index in [0.717, 1.165) is 47.5 Å². The fraction of sp³-hybridized carbons (Fsp3) is 0.406. The summed E-state index contributed by atoms with van der Waals surface area (Å²) in [5.74, 6) is -0.665. The average Bonchev–Trinajstić information content (AvgIpc) is 3.03. The Morgan fingerprint density at radius 3 is 2.36 bits per heavy atom. The highest BCUT2D eigenvalue weighted by Gasteiger charge is 2.32. The van der Waals surface area contributed by atoms with Gasteiger partial charge in [0.2, 0.25) is 11.8 Å². The number of nitrogens with one attached hydrogen (secondary N) is 2. The third-order valence-corrected chi connectivity index (χ3v) is 7.28. The van der Waals surface area contributed by atoms with Gasteiger partial charge in [0.1, 0.15) is 0 Å². The zero-order chi connectivity index (χ0) is 29.7. The standard InChI is InChI=1S/C32H40N4O6/c1-36(18-16-27-5-2-3-17-33-27)21-28-19-29(25-12-10-24(22-37)11-13-25)42-32(41-28)26-14-8-23(9-15-26)20-34-30(38)6-4-7-31(39)35-40/h2-3,5,8-15,17,28-29,32,37,40H,4,6-7,16,18-22H2,1H3,(H,34,38)(H,35,39)/t28-,29+,32+/m1/s1. The summed E-state index contributed by atoms with van der Waals surface area (Å²) in [5.41, 5.74) is 6.33. The zero-order valence-electron chi connectivity index (χ0n) is 23.9. The lowest BCUT2D eigenvalue weighted by Gasteiger charge is -2.38. The number of hydrogen-bond acceptors (Lipinski definition) is 8. The van der Waals surface area contributed by atoms with Crippen LogP contribution in [0.25, 0.3) is 0 Å². The Morgan fingerprint density at radius 2 is 1.67 bits per heavy atom. The van der Waals surface area contributed by atoms with Crippen molar-refractivity contribution in [3.05, 3.63) is 101 Å². The molecule has 2 aromatic carbocycles. The summed E-state index contributed by atoms with van der Waals surface area (Å²) < 4.78 is 12.9. The zero-order valence-corrected chi connectivity index (χ0v) is 23.9. The number of aliphatic hydroxyl groups excluding tert-OH is 1. The first-order chi connectivity index (χ1) is 20.4. The first kappa shape index (κ1) is 31.3. The predicted octanol–water partition coefficient (Wildman–Crippen LogP) is 3.59. The molecule has 3 aromatic rings. The summed E-state index contributed by atoms with van der Waals surface area (Å²) in [6.45, 7) is 1.95. The van der Waals surface area contributed by atoms with Gasteiger partial charge in [0, 0.05) is 62.8 Å². The van der Waals surface area contributed by atoms with Gasteiger partial charge in [-0.2, -0.15) is 0 Å². The predicted molar refractivity (Wildman–Crippen MR) is 156 cm³/mol. The number of benzene rings is 2. The summed E-state index contributed by atoms with van der Waals surface area (Å²) in [5, 5.41) is 20.9. The smallest absolute Gasteiger partial charge is 0.243 e. The lowest BCUT2D eigenvalue weighted by Crippen LogP contribution is -2.38. The van der Waals surface area contributed by atoms with Crippen molar-refractivity contribution in [3.63, 3.8) is 0 Å². The van der Waals surface area contributed by atoms with Gasteiger partial charge in [0.15, 0.2) is 6.29 Å². The van der Waals surface area contributed by atoms with Crippen molar-refractivity contribution < 1.29 is 29.4 Å². The molecule has 1 aliphatic rings. The van der Waals surface area contributed by atoms with E-state index in [4.69, 9.17) is 14.7 Å². The summed E-state index contributed by atoms with van der Waals surface area (Å²) >= 11 is 0. The number of carbonyl (C=O) groups is 2. The van der Waals surface area contributed by atoms with Crippen molar-refractivity contribution in [1.82, 2.24) is 20.7 Å². The van der Waals surface area contributed by atoms with Crippen LogP contribution in [0, 0.1) is 0 Å². The maximum Gasteiger partial charge on any atom is 0.243 e. The molecule has 2 amide bonds. The molecule has 3 atom stereocenters. The number of amides is 2. The molecule has 0 bridgehead atoms. The molecule has 0 radical (unpaired) electrons. The van der Waals surface area contributed by atoms with Crippen LogP contribution < -0.4 is 10.8 Å². The SMILES string of the molecule is CN(CCc1ccccn1)C[C@H]1C[C@@H](c2ccc(CO)cc2)O[C@@H](c2ccc(CNC(=O)CCCC(=O)NO)cc2)O1. The molecule has 4 N–H and O–H groups in total. The van der Waals surface area contributed by atoms with Crippen LogP contribution in [0.15, 0.2) is 72.9 Å². The van der Waals surface area contributed by atoms with Gasteiger partial charge in [-0.05, 0) is 42.3 Å². The average molecular weight is 577 g/mol. The fourth-order valence-corrected chi connectivity index (χ4v) is 4.87. The first-order valence-corrected chi connectivity index (χ1v) is 14.3. The number of ether oxygens (including phenoxy) is 2. The van der Waals surface area contributed by atoms with E-state index >= 15 is 0 Å². The lowest BCUT2D eigenvalue weighted by molar-refractivity contribution is -0.252. The Labute approximate surface area is 246 Å². The van der Waals surface area contributed by atoms with Crippen molar-refractivity contribution in [2.75, 3.05) is 20.1 Å². The molecule has 1 aromatic heterocycles. The van der Waals surface area contributed by atoms with E-state index in [2.05, 4.69) is 22.2 Å². The van der Waals surface area contributed by atoms with Crippen molar-refractivity contribution in [2.45, 2.75) is 63.8 Å². The molecule has 10 heteroatoms. The molecule has 0 unspecified atom stereocenters. The van der Waals surface area contributed by atoms with Crippen LogP contribution in [0.4, 0.5) is 0 Å². The second-order valence-electron chi connectivity index (χ2n) is 10.6. The summed E-state index contributed by atoms with van der Waals surface area (Å²) in [6.07, 6.45) is 3.23. The van der Waals surface area contributed by atoms with Crippen molar-refractivity contribution in [3.8, 4) is 0 Å². The molecule has 1 saturated heterocycles. The summed E-state index contributed by atoms with van der Waals surface area (Å²) in [4.78, 5) is 29.9. The molecule has 1 aliphatic heterocycles. The van der Waals surface area contributed by atoms with Crippen LogP contribution in [-0.4, -0.2) is 58.3 Å². The van der Waals surface area contributed by atoms with Gasteiger partial charge < -0.3 is 24.8 Å². The second kappa shape index (κ2) is 16.1. The first-order valence-electron chi connectivity index (χ1n) is 14.3. The van der Waals surface area contributed by atoms with Gasteiger partial charge in [0.05, 0.1) is 18.8 Å². The van der Waals surface area contributed by atoms with E-state index in [1.54, 1.807) is 5.48 Å². The maximum absolute atomic E-state index is 12.1. The second-order valence-corrected chi connectivity index (χ2v) is 10.6. The molecule has 0 spiro atoms. The Balaban J connectivity index is 1.37. The number of hydroxylamine groups is 1. The minimum Gasteiger partial charge on any atom is -0.392 e. The highest BCUT2D eigenvalue weighted by Crippen LogP contribution is 2.38. The number of nitrogens with zero attached hydrogens (tertiary/aromatic N) is 2. The van der Waals surface area contributed by atoms with Gasteiger partial charge in [-0.1, -0.05) is 54.6 Å². The Kier molecular flexibility index (Phi) is 12.0. The van der Waals surface area contributed by atoms with E-state index < -0.39 is 12.2 Å². The highest BCUT2D eigenvalue weighted by molar-refractivity contribution is 5.78. The van der Waals surface area contributed by atoms with E-state index in [1.807, 2.05) is 72.9 Å². The number of hydrogen-bond donors (Lipinski definition) is 4. The number of rotatable bonds is 14. The van der Waals surface area contributed by atoms with Crippen LogP contribution in [0.1, 0.15) is 66.0 Å². The Bertz CT molecular complexity index is 1260. The lowest BCUT2D eigenvalue weighted by atomic mass is 9.99. The van der Waals surface area contributed by atoms with E-state index in [9.17, 15) is 14.7 Å². The van der Waals surface area contributed by atoms with Crippen LogP contribution in [0.5, 0.6) is 0 Å². The molecule has 0 aliphatic carbocycles. The van der Waals surface area contributed by atoms with Crippen molar-refractivity contribution >= 4 is 11.8 Å². The molecule has 10 nitrogen and oxygen atoms in total. The largest absolute Gasteiger partial charge is 0.392 e. The van der Waals surface area contributed by atoms with Gasteiger partial charge >= 0.3 is 0 Å². The molecular weight excluding hydrogens is 536 g/mol. The Hall–Kier alpha value is -3.67. The number of pyridine rings is 1. The van der Waals surface area contributed by atoms with E-state index in [-0.39, 0.29) is 37.6 Å². The van der Waals surface area contributed by atoms with Gasteiger partial charge in [0.25, 0.3) is 0 Å². The quantitative estimate of drug-likeness (QED) is 0.169. The van der Waals surface area contributed by atoms with Gasteiger partial charge in [-0.25, -0.2) is 5.48 Å². The number of aromatic nitrogens is 1. The molecule has 224 valence electrons. The molecule has 4 rings (SSSR count). The maximum atomic E-state index is 12.1. The molecular formula is C32H40N4O6. The van der Waals surface area contributed by atoms with Crippen LogP contribution in [-0.2, 0) is 38.6 Å². The third kappa shape index (κ3) is 9.71. The molecule has 42 heavy (non-hydrogen) atoms. The number of carbonyl (C=O) groups excluding carboxylic acids is 2. The number of aliphatic hydroxyl groups is 1. The van der Waals surface area contributed by atoms with E-state index in [1.165, 1.54) is 0 Å². The monoisotopic (exact) mass is 576 g/mol. The number of likely N-dealkylation sites (N-methyl/N-ethyl adjacent to an activating group) is 1. The highest BCUT2D eigenvalue weighted by atomic mass is 16.7.